The molecule has 3 nitrogen and oxygen atoms in total. The van der Waals surface area contributed by atoms with E-state index in [2.05, 4.69) is 0 Å². The number of rotatable bonds is 5. The van der Waals surface area contributed by atoms with Gasteiger partial charge in [0.15, 0.2) is 6.61 Å². The molecular formula is C20H22O3. The Hall–Kier alpha value is -2.42. The molecule has 2 rings (SSSR count). The fourth-order valence-electron chi connectivity index (χ4n) is 2.54. The molecule has 2 aromatic carbocycles. The van der Waals surface area contributed by atoms with E-state index in [-0.39, 0.29) is 24.8 Å². The average Bonchev–Trinajstić information content (AvgIpc) is 2.55. The van der Waals surface area contributed by atoms with Crippen molar-refractivity contribution in [1.29, 1.82) is 0 Å². The summed E-state index contributed by atoms with van der Waals surface area (Å²) in [5.74, 6) is -0.544. The smallest absolute Gasteiger partial charge is 0.310 e. The number of ketones is 1. The fourth-order valence-corrected chi connectivity index (χ4v) is 2.54. The standard InChI is InChI=1S/C20H22O3/c1-13-10-18(16(4)15(3)14(13)2)19(21)12-23-20(22)11-17-8-6-5-7-9-17/h5-10H,11-12H2,1-4H3. The van der Waals surface area contributed by atoms with Gasteiger partial charge in [-0.15, -0.1) is 0 Å². The Morgan fingerprint density at radius 1 is 0.913 bits per heavy atom. The van der Waals surface area contributed by atoms with Crippen LogP contribution >= 0.6 is 0 Å². The van der Waals surface area contributed by atoms with Gasteiger partial charge in [-0.3, -0.25) is 9.59 Å². The van der Waals surface area contributed by atoms with Gasteiger partial charge in [0.25, 0.3) is 0 Å². The summed E-state index contributed by atoms with van der Waals surface area (Å²) in [7, 11) is 0. The van der Waals surface area contributed by atoms with E-state index in [1.807, 2.05) is 64.1 Å². The van der Waals surface area contributed by atoms with E-state index in [4.69, 9.17) is 4.74 Å². The quantitative estimate of drug-likeness (QED) is 0.621. The van der Waals surface area contributed by atoms with Crippen LogP contribution in [0.3, 0.4) is 0 Å². The topological polar surface area (TPSA) is 43.4 Å². The highest BCUT2D eigenvalue weighted by atomic mass is 16.5. The number of esters is 1. The van der Waals surface area contributed by atoms with Crippen LogP contribution in [0.5, 0.6) is 0 Å². The predicted octanol–water partition coefficient (Wildman–Crippen LogP) is 3.89. The second-order valence-corrected chi connectivity index (χ2v) is 5.86. The Kier molecular flexibility index (Phi) is 5.32. The van der Waals surface area contributed by atoms with E-state index in [0.717, 1.165) is 22.3 Å². The van der Waals surface area contributed by atoms with Crippen molar-refractivity contribution in [2.24, 2.45) is 0 Å². The van der Waals surface area contributed by atoms with Crippen molar-refractivity contribution in [1.82, 2.24) is 0 Å². The maximum absolute atomic E-state index is 12.4. The predicted molar refractivity (Wildman–Crippen MR) is 90.8 cm³/mol. The molecule has 0 saturated carbocycles. The molecule has 120 valence electrons. The molecule has 0 bridgehead atoms. The third-order valence-corrected chi connectivity index (χ3v) is 4.34. The molecule has 2 aromatic rings. The van der Waals surface area contributed by atoms with Crippen LogP contribution in [-0.2, 0) is 16.0 Å². The van der Waals surface area contributed by atoms with Crippen LogP contribution in [0.1, 0.15) is 38.2 Å². The molecule has 3 heteroatoms. The minimum Gasteiger partial charge on any atom is -0.457 e. The molecular weight excluding hydrogens is 288 g/mol. The second-order valence-electron chi connectivity index (χ2n) is 5.86. The van der Waals surface area contributed by atoms with Gasteiger partial charge in [-0.05, 0) is 61.6 Å². The van der Waals surface area contributed by atoms with Crippen molar-refractivity contribution in [2.45, 2.75) is 34.1 Å². The van der Waals surface area contributed by atoms with Gasteiger partial charge in [0.05, 0.1) is 6.42 Å². The molecule has 0 aliphatic heterocycles. The summed E-state index contributed by atoms with van der Waals surface area (Å²) in [4.78, 5) is 24.2. The summed E-state index contributed by atoms with van der Waals surface area (Å²) in [5.41, 5.74) is 5.86. The van der Waals surface area contributed by atoms with Crippen LogP contribution in [0, 0.1) is 27.7 Å². The Labute approximate surface area is 137 Å². The van der Waals surface area contributed by atoms with Crippen molar-refractivity contribution in [3.05, 3.63) is 69.8 Å². The highest BCUT2D eigenvalue weighted by Crippen LogP contribution is 2.21. The zero-order chi connectivity index (χ0) is 17.0. The van der Waals surface area contributed by atoms with Crippen LogP contribution in [0.25, 0.3) is 0 Å². The van der Waals surface area contributed by atoms with Crippen molar-refractivity contribution in [3.8, 4) is 0 Å². The average molecular weight is 310 g/mol. The number of carbonyl (C=O) groups is 2. The van der Waals surface area contributed by atoms with Crippen LogP contribution in [-0.4, -0.2) is 18.4 Å². The lowest BCUT2D eigenvalue weighted by Gasteiger charge is -2.13. The molecule has 0 fully saturated rings. The highest BCUT2D eigenvalue weighted by Gasteiger charge is 2.15. The first-order valence-corrected chi connectivity index (χ1v) is 7.70. The SMILES string of the molecule is Cc1cc(C(=O)COC(=O)Cc2ccccc2)c(C)c(C)c1C. The van der Waals surface area contributed by atoms with Gasteiger partial charge in [0.1, 0.15) is 0 Å². The number of ether oxygens (including phenoxy) is 1. The normalized spacial score (nSPS) is 10.4. The summed E-state index contributed by atoms with van der Waals surface area (Å²) in [6.07, 6.45) is 0.180. The summed E-state index contributed by atoms with van der Waals surface area (Å²) >= 11 is 0. The van der Waals surface area contributed by atoms with Crippen LogP contribution < -0.4 is 0 Å². The molecule has 0 spiro atoms. The fraction of sp³-hybridized carbons (Fsp3) is 0.300. The molecule has 0 radical (unpaired) electrons. The van der Waals surface area contributed by atoms with Gasteiger partial charge < -0.3 is 4.74 Å². The Morgan fingerprint density at radius 2 is 1.57 bits per heavy atom. The summed E-state index contributed by atoms with van der Waals surface area (Å²) in [5, 5.41) is 0. The first-order chi connectivity index (χ1) is 10.9. The van der Waals surface area contributed by atoms with E-state index in [9.17, 15) is 9.59 Å². The van der Waals surface area contributed by atoms with Crippen LogP contribution in [0.4, 0.5) is 0 Å². The molecule has 0 aliphatic rings. The van der Waals surface area contributed by atoms with E-state index in [1.165, 1.54) is 5.56 Å². The first kappa shape index (κ1) is 16.9. The van der Waals surface area contributed by atoms with E-state index < -0.39 is 0 Å². The summed E-state index contributed by atoms with van der Waals surface area (Å²) in [6.45, 7) is 7.76. The zero-order valence-electron chi connectivity index (χ0n) is 14.1. The number of Topliss-reactive ketones (excluding diaryl/α,β-unsaturated/α-hetero) is 1. The maximum atomic E-state index is 12.4. The Balaban J connectivity index is 2.01. The van der Waals surface area contributed by atoms with Gasteiger partial charge in [0.2, 0.25) is 5.78 Å². The summed E-state index contributed by atoms with van der Waals surface area (Å²) < 4.78 is 5.14. The number of hydrogen-bond acceptors (Lipinski definition) is 3. The van der Waals surface area contributed by atoms with E-state index >= 15 is 0 Å². The monoisotopic (exact) mass is 310 g/mol. The number of hydrogen-bond donors (Lipinski definition) is 0. The minimum absolute atomic E-state index is 0.157. The van der Waals surface area contributed by atoms with Gasteiger partial charge in [-0.1, -0.05) is 30.3 Å². The number of aryl methyl sites for hydroxylation is 1. The van der Waals surface area contributed by atoms with Gasteiger partial charge in [-0.2, -0.15) is 0 Å². The molecule has 0 amide bonds. The van der Waals surface area contributed by atoms with Crippen LogP contribution in [0.15, 0.2) is 36.4 Å². The Bertz CT molecular complexity index is 730. The van der Waals surface area contributed by atoms with E-state index in [0.29, 0.717) is 5.56 Å². The lowest BCUT2D eigenvalue weighted by atomic mass is 9.93. The molecule has 0 saturated heterocycles. The lowest BCUT2D eigenvalue weighted by molar-refractivity contribution is -0.141. The molecule has 0 aliphatic carbocycles. The summed E-state index contributed by atoms with van der Waals surface area (Å²) in [6, 6.07) is 11.2. The van der Waals surface area contributed by atoms with Crippen molar-refractivity contribution >= 4 is 11.8 Å². The highest BCUT2D eigenvalue weighted by molar-refractivity contribution is 5.99. The second kappa shape index (κ2) is 7.23. The zero-order valence-corrected chi connectivity index (χ0v) is 14.1. The van der Waals surface area contributed by atoms with Crippen molar-refractivity contribution in [3.63, 3.8) is 0 Å². The van der Waals surface area contributed by atoms with E-state index in [1.54, 1.807) is 0 Å². The molecule has 0 unspecified atom stereocenters. The van der Waals surface area contributed by atoms with Crippen molar-refractivity contribution in [2.75, 3.05) is 6.61 Å². The minimum atomic E-state index is -0.386. The van der Waals surface area contributed by atoms with Crippen LogP contribution in [0.2, 0.25) is 0 Å². The van der Waals surface area contributed by atoms with Gasteiger partial charge in [-0.25, -0.2) is 0 Å². The maximum Gasteiger partial charge on any atom is 0.310 e. The first-order valence-electron chi connectivity index (χ1n) is 7.70. The molecule has 0 N–H and O–H groups in total. The van der Waals surface area contributed by atoms with Crippen molar-refractivity contribution < 1.29 is 14.3 Å². The molecule has 0 aromatic heterocycles. The third-order valence-electron chi connectivity index (χ3n) is 4.34. The number of benzene rings is 2. The van der Waals surface area contributed by atoms with Gasteiger partial charge in [0, 0.05) is 5.56 Å². The molecule has 0 heterocycles. The lowest BCUT2D eigenvalue weighted by Crippen LogP contribution is -2.17. The third kappa shape index (κ3) is 4.07. The van der Waals surface area contributed by atoms with Gasteiger partial charge >= 0.3 is 5.97 Å². The Morgan fingerprint density at radius 3 is 2.22 bits per heavy atom. The number of carbonyl (C=O) groups excluding carboxylic acids is 2. The molecule has 0 atom stereocenters. The largest absolute Gasteiger partial charge is 0.457 e. The molecule has 23 heavy (non-hydrogen) atoms.